The molecule has 2 aromatic carbocycles. The predicted octanol–water partition coefficient (Wildman–Crippen LogP) is 3.62. The van der Waals surface area contributed by atoms with Gasteiger partial charge in [-0.2, -0.15) is 0 Å². The van der Waals surface area contributed by atoms with Crippen molar-refractivity contribution in [3.63, 3.8) is 0 Å². The Morgan fingerprint density at radius 3 is 2.43 bits per heavy atom. The number of carbonyl (C=O) groups excluding carboxylic acids is 2. The van der Waals surface area contributed by atoms with E-state index < -0.39 is 23.8 Å². The Morgan fingerprint density at radius 1 is 1.03 bits per heavy atom. The van der Waals surface area contributed by atoms with E-state index in [1.807, 2.05) is 6.20 Å². The molecule has 0 spiro atoms. The van der Waals surface area contributed by atoms with Gasteiger partial charge in [0, 0.05) is 16.7 Å². The number of amides is 2. The summed E-state index contributed by atoms with van der Waals surface area (Å²) in [5.74, 6) is -1.40. The number of halogens is 2. The molecule has 0 radical (unpaired) electrons. The summed E-state index contributed by atoms with van der Waals surface area (Å²) in [6, 6.07) is 11.8. The summed E-state index contributed by atoms with van der Waals surface area (Å²) in [6.45, 7) is 2.11. The number of unbranched alkanes of at least 4 members (excludes halogenated alkanes) is 1. The Bertz CT molecular complexity index is 1020. The van der Waals surface area contributed by atoms with Crippen molar-refractivity contribution in [3.8, 4) is 5.69 Å². The quantitative estimate of drug-likeness (QED) is 0.579. The molecule has 7 nitrogen and oxygen atoms in total. The third kappa shape index (κ3) is 5.05. The molecule has 0 saturated carbocycles. The van der Waals surface area contributed by atoms with Crippen LogP contribution in [0.1, 0.15) is 58.2 Å². The van der Waals surface area contributed by atoms with Crippen LogP contribution in [0.3, 0.4) is 0 Å². The van der Waals surface area contributed by atoms with Crippen molar-refractivity contribution >= 4 is 11.8 Å². The summed E-state index contributed by atoms with van der Waals surface area (Å²) in [6.07, 6.45) is 2.00. The van der Waals surface area contributed by atoms with E-state index in [0.29, 0.717) is 0 Å². The molecular formula is C21H21F2N5O2. The molecule has 0 saturated heterocycles. The molecule has 30 heavy (non-hydrogen) atoms. The van der Waals surface area contributed by atoms with Crippen LogP contribution in [0, 0.1) is 0 Å². The van der Waals surface area contributed by atoms with E-state index in [-0.39, 0.29) is 11.1 Å². The molecule has 0 bridgehead atoms. The van der Waals surface area contributed by atoms with Crippen LogP contribution in [0.2, 0.25) is 0 Å². The number of benzene rings is 2. The van der Waals surface area contributed by atoms with E-state index >= 15 is 0 Å². The molecular weight excluding hydrogens is 392 g/mol. The average molecular weight is 413 g/mol. The van der Waals surface area contributed by atoms with Crippen LogP contribution in [0.5, 0.6) is 0 Å². The number of hydrogen-bond acceptors (Lipinski definition) is 4. The molecule has 1 aromatic heterocycles. The lowest BCUT2D eigenvalue weighted by atomic mass is 10.1. The second kappa shape index (κ2) is 9.73. The summed E-state index contributed by atoms with van der Waals surface area (Å²) < 4.78 is 27.6. The topological polar surface area (TPSA) is 88.9 Å². The summed E-state index contributed by atoms with van der Waals surface area (Å²) in [4.78, 5) is 24.4. The Hall–Kier alpha value is -3.62. The van der Waals surface area contributed by atoms with E-state index in [2.05, 4.69) is 28.1 Å². The highest BCUT2D eigenvalue weighted by Gasteiger charge is 2.18. The first-order valence-corrected chi connectivity index (χ1v) is 9.49. The van der Waals surface area contributed by atoms with E-state index in [9.17, 15) is 18.4 Å². The maximum atomic E-state index is 13.0. The van der Waals surface area contributed by atoms with Crippen LogP contribution in [-0.4, -0.2) is 26.8 Å². The first-order chi connectivity index (χ1) is 14.5. The van der Waals surface area contributed by atoms with Gasteiger partial charge in [0.2, 0.25) is 0 Å². The fourth-order valence-corrected chi connectivity index (χ4v) is 2.81. The molecule has 156 valence electrons. The summed E-state index contributed by atoms with van der Waals surface area (Å²) in [5.41, 5.74) is 5.70. The fraction of sp³-hybridized carbons (Fsp3) is 0.238. The minimum atomic E-state index is -2.80. The van der Waals surface area contributed by atoms with Gasteiger partial charge in [0.1, 0.15) is 0 Å². The second-order valence-corrected chi connectivity index (χ2v) is 6.60. The highest BCUT2D eigenvalue weighted by atomic mass is 19.3. The minimum Gasteiger partial charge on any atom is -0.267 e. The van der Waals surface area contributed by atoms with Crippen molar-refractivity contribution in [3.05, 3.63) is 77.1 Å². The number of aryl methyl sites for hydroxylation is 1. The molecule has 3 aromatic rings. The van der Waals surface area contributed by atoms with Crippen molar-refractivity contribution in [1.82, 2.24) is 25.8 Å². The molecule has 1 heterocycles. The van der Waals surface area contributed by atoms with Gasteiger partial charge in [-0.05, 0) is 43.2 Å². The van der Waals surface area contributed by atoms with Crippen LogP contribution < -0.4 is 10.9 Å². The average Bonchev–Trinajstić information content (AvgIpc) is 3.24. The molecule has 2 N–H and O–H groups in total. The Kier molecular flexibility index (Phi) is 6.84. The van der Waals surface area contributed by atoms with Gasteiger partial charge in [-0.3, -0.25) is 20.4 Å². The van der Waals surface area contributed by atoms with E-state index in [1.54, 1.807) is 28.9 Å². The van der Waals surface area contributed by atoms with Gasteiger partial charge in [-0.1, -0.05) is 36.8 Å². The van der Waals surface area contributed by atoms with Gasteiger partial charge in [0.05, 0.1) is 17.6 Å². The first kappa shape index (κ1) is 21.1. The van der Waals surface area contributed by atoms with Gasteiger partial charge >= 0.3 is 0 Å². The zero-order valence-corrected chi connectivity index (χ0v) is 16.3. The zero-order valence-electron chi connectivity index (χ0n) is 16.3. The third-order valence-corrected chi connectivity index (χ3v) is 4.45. The SMILES string of the molecule is CCCCc1cn(-c2ccc(C(=O)NNC(=O)c3ccccc3C(F)F)cc2)nn1. The summed E-state index contributed by atoms with van der Waals surface area (Å²) in [5, 5.41) is 8.19. The van der Waals surface area contributed by atoms with Crippen molar-refractivity contribution in [1.29, 1.82) is 0 Å². The Balaban J connectivity index is 1.61. The lowest BCUT2D eigenvalue weighted by Crippen LogP contribution is -2.42. The minimum absolute atomic E-state index is 0.201. The lowest BCUT2D eigenvalue weighted by molar-refractivity contribution is 0.0841. The predicted molar refractivity (Wildman–Crippen MR) is 106 cm³/mol. The van der Waals surface area contributed by atoms with Crippen LogP contribution in [0.15, 0.2) is 54.7 Å². The number of hydrazine groups is 1. The van der Waals surface area contributed by atoms with Crippen LogP contribution in [-0.2, 0) is 6.42 Å². The van der Waals surface area contributed by atoms with Gasteiger partial charge in [0.25, 0.3) is 18.2 Å². The molecule has 0 unspecified atom stereocenters. The van der Waals surface area contributed by atoms with Gasteiger partial charge in [-0.15, -0.1) is 5.10 Å². The first-order valence-electron chi connectivity index (χ1n) is 9.49. The van der Waals surface area contributed by atoms with Crippen molar-refractivity contribution in [2.45, 2.75) is 32.6 Å². The molecule has 0 atom stereocenters. The fourth-order valence-electron chi connectivity index (χ4n) is 2.81. The highest BCUT2D eigenvalue weighted by Crippen LogP contribution is 2.22. The summed E-state index contributed by atoms with van der Waals surface area (Å²) in [7, 11) is 0. The van der Waals surface area contributed by atoms with Crippen LogP contribution >= 0.6 is 0 Å². The number of rotatable bonds is 7. The number of aromatic nitrogens is 3. The normalized spacial score (nSPS) is 10.8. The molecule has 0 fully saturated rings. The van der Waals surface area contributed by atoms with E-state index in [1.165, 1.54) is 18.2 Å². The van der Waals surface area contributed by atoms with Gasteiger partial charge in [-0.25, -0.2) is 13.5 Å². The Labute approximate surface area is 172 Å². The number of alkyl halides is 2. The zero-order chi connectivity index (χ0) is 21.5. The summed E-state index contributed by atoms with van der Waals surface area (Å²) >= 11 is 0. The largest absolute Gasteiger partial charge is 0.270 e. The third-order valence-electron chi connectivity index (χ3n) is 4.45. The standard InChI is InChI=1S/C21H21F2N5O2/c1-2-3-6-15-13-28(27-24-15)16-11-9-14(10-12-16)20(29)25-26-21(30)18-8-5-4-7-17(18)19(22)23/h4-5,7-13,19H,2-3,6H2,1H3,(H,25,29)(H,26,30). The highest BCUT2D eigenvalue weighted by molar-refractivity contribution is 5.99. The smallest absolute Gasteiger partial charge is 0.267 e. The van der Waals surface area contributed by atoms with Crippen molar-refractivity contribution in [2.24, 2.45) is 0 Å². The van der Waals surface area contributed by atoms with Crippen molar-refractivity contribution in [2.75, 3.05) is 0 Å². The van der Waals surface area contributed by atoms with Crippen molar-refractivity contribution < 1.29 is 18.4 Å². The van der Waals surface area contributed by atoms with E-state index in [0.717, 1.165) is 36.7 Å². The maximum Gasteiger partial charge on any atom is 0.270 e. The Morgan fingerprint density at radius 2 is 1.73 bits per heavy atom. The molecule has 9 heteroatoms. The lowest BCUT2D eigenvalue weighted by Gasteiger charge is -2.11. The van der Waals surface area contributed by atoms with E-state index in [4.69, 9.17) is 0 Å². The monoisotopic (exact) mass is 413 g/mol. The van der Waals surface area contributed by atoms with Gasteiger partial charge < -0.3 is 0 Å². The van der Waals surface area contributed by atoms with Crippen LogP contribution in [0.25, 0.3) is 5.69 Å². The second-order valence-electron chi connectivity index (χ2n) is 6.60. The maximum absolute atomic E-state index is 13.0. The number of nitrogens with zero attached hydrogens (tertiary/aromatic N) is 3. The molecule has 2 amide bonds. The molecule has 3 rings (SSSR count). The van der Waals surface area contributed by atoms with Gasteiger partial charge in [0.15, 0.2) is 0 Å². The molecule has 0 aliphatic carbocycles. The molecule has 0 aliphatic heterocycles. The molecule has 0 aliphatic rings. The van der Waals surface area contributed by atoms with Crippen LogP contribution in [0.4, 0.5) is 8.78 Å². The number of carbonyl (C=O) groups is 2. The number of hydrogen-bond donors (Lipinski definition) is 2. The number of nitrogens with one attached hydrogen (secondary N) is 2.